The first-order valence-electron chi connectivity index (χ1n) is 6.67. The second-order valence-corrected chi connectivity index (χ2v) is 5.60. The van der Waals surface area contributed by atoms with Crippen molar-refractivity contribution in [1.82, 2.24) is 5.43 Å². The standard InChI is InChI=1S/C16H16ClFN2/c17-13-7-4-8-14(18)15(13)16(20-19)12-9-11(12)10-5-2-1-3-6-10/h1-8,11-12,16,20H,9,19H2. The average molecular weight is 291 g/mol. The highest BCUT2D eigenvalue weighted by molar-refractivity contribution is 6.31. The van der Waals surface area contributed by atoms with Crippen molar-refractivity contribution >= 4 is 11.6 Å². The molecule has 20 heavy (non-hydrogen) atoms. The van der Waals surface area contributed by atoms with E-state index >= 15 is 0 Å². The maximum atomic E-state index is 14.0. The van der Waals surface area contributed by atoms with Gasteiger partial charge in [0.1, 0.15) is 5.82 Å². The number of halogens is 2. The lowest BCUT2D eigenvalue weighted by atomic mass is 9.98. The quantitative estimate of drug-likeness (QED) is 0.664. The molecule has 1 aliphatic rings. The molecule has 0 spiro atoms. The fraction of sp³-hybridized carbons (Fsp3) is 0.250. The number of hydrogen-bond acceptors (Lipinski definition) is 2. The maximum Gasteiger partial charge on any atom is 0.129 e. The molecule has 0 aliphatic heterocycles. The first-order chi connectivity index (χ1) is 9.72. The summed E-state index contributed by atoms with van der Waals surface area (Å²) in [4.78, 5) is 0. The van der Waals surface area contributed by atoms with Gasteiger partial charge in [0.25, 0.3) is 0 Å². The molecule has 0 heterocycles. The van der Waals surface area contributed by atoms with Crippen LogP contribution in [0.25, 0.3) is 0 Å². The third-order valence-corrected chi connectivity index (χ3v) is 4.32. The van der Waals surface area contributed by atoms with Crippen LogP contribution in [0.1, 0.15) is 29.5 Å². The normalized spacial score (nSPS) is 22.6. The molecule has 1 aliphatic carbocycles. The van der Waals surface area contributed by atoms with E-state index in [9.17, 15) is 4.39 Å². The van der Waals surface area contributed by atoms with E-state index in [-0.39, 0.29) is 17.8 Å². The smallest absolute Gasteiger partial charge is 0.129 e. The molecular weight excluding hydrogens is 275 g/mol. The Balaban J connectivity index is 1.86. The lowest BCUT2D eigenvalue weighted by Crippen LogP contribution is -2.30. The van der Waals surface area contributed by atoms with E-state index < -0.39 is 0 Å². The Kier molecular flexibility index (Phi) is 3.74. The van der Waals surface area contributed by atoms with Gasteiger partial charge in [-0.2, -0.15) is 0 Å². The van der Waals surface area contributed by atoms with Gasteiger partial charge in [-0.05, 0) is 36.0 Å². The topological polar surface area (TPSA) is 38.0 Å². The predicted octanol–water partition coefficient (Wildman–Crippen LogP) is 3.79. The summed E-state index contributed by atoms with van der Waals surface area (Å²) in [5, 5.41) is 0.423. The van der Waals surface area contributed by atoms with Crippen molar-refractivity contribution < 1.29 is 4.39 Å². The highest BCUT2D eigenvalue weighted by Gasteiger charge is 2.45. The van der Waals surface area contributed by atoms with Crippen LogP contribution >= 0.6 is 11.6 Å². The highest BCUT2D eigenvalue weighted by Crippen LogP contribution is 2.54. The van der Waals surface area contributed by atoms with Crippen molar-refractivity contribution in [2.75, 3.05) is 0 Å². The molecule has 104 valence electrons. The SMILES string of the molecule is NNC(c1c(F)cccc1Cl)C1CC1c1ccccc1. The van der Waals surface area contributed by atoms with Crippen LogP contribution in [-0.4, -0.2) is 0 Å². The fourth-order valence-electron chi connectivity index (χ4n) is 2.90. The van der Waals surface area contributed by atoms with Crippen molar-refractivity contribution in [1.29, 1.82) is 0 Å². The minimum absolute atomic E-state index is 0.256. The molecule has 3 unspecified atom stereocenters. The molecule has 4 heteroatoms. The Labute approximate surface area is 122 Å². The van der Waals surface area contributed by atoms with Crippen molar-refractivity contribution in [3.63, 3.8) is 0 Å². The van der Waals surface area contributed by atoms with Gasteiger partial charge in [-0.3, -0.25) is 11.3 Å². The molecule has 0 amide bonds. The summed E-state index contributed by atoms with van der Waals surface area (Å²) in [5.41, 5.74) is 4.48. The zero-order valence-corrected chi connectivity index (χ0v) is 11.6. The molecule has 2 aromatic carbocycles. The molecule has 0 aromatic heterocycles. The van der Waals surface area contributed by atoms with Crippen molar-refractivity contribution in [3.8, 4) is 0 Å². The van der Waals surface area contributed by atoms with E-state index in [1.165, 1.54) is 11.6 Å². The van der Waals surface area contributed by atoms with Gasteiger partial charge < -0.3 is 0 Å². The van der Waals surface area contributed by atoms with Gasteiger partial charge in [-0.1, -0.05) is 48.0 Å². The van der Waals surface area contributed by atoms with Crippen LogP contribution in [0.5, 0.6) is 0 Å². The molecule has 1 saturated carbocycles. The fourth-order valence-corrected chi connectivity index (χ4v) is 3.18. The summed E-state index contributed by atoms with van der Waals surface area (Å²) in [6.07, 6.45) is 0.990. The monoisotopic (exact) mass is 290 g/mol. The molecule has 1 fully saturated rings. The number of rotatable bonds is 4. The Bertz CT molecular complexity index is 582. The molecule has 3 rings (SSSR count). The Morgan fingerprint density at radius 2 is 1.90 bits per heavy atom. The van der Waals surface area contributed by atoms with Gasteiger partial charge >= 0.3 is 0 Å². The summed E-state index contributed by atoms with van der Waals surface area (Å²) >= 11 is 6.13. The lowest BCUT2D eigenvalue weighted by Gasteiger charge is -2.18. The van der Waals surface area contributed by atoms with Crippen LogP contribution in [-0.2, 0) is 0 Å². The number of nitrogens with one attached hydrogen (secondary N) is 1. The molecule has 3 N–H and O–H groups in total. The van der Waals surface area contributed by atoms with Gasteiger partial charge in [0.05, 0.1) is 6.04 Å². The number of nitrogens with two attached hydrogens (primary N) is 1. The zero-order chi connectivity index (χ0) is 14.1. The summed E-state index contributed by atoms with van der Waals surface area (Å²) in [6, 6.07) is 14.7. The molecule has 0 bridgehead atoms. The Morgan fingerprint density at radius 1 is 1.15 bits per heavy atom. The average Bonchev–Trinajstić information content (AvgIpc) is 3.24. The van der Waals surface area contributed by atoms with Gasteiger partial charge in [-0.15, -0.1) is 0 Å². The van der Waals surface area contributed by atoms with Crippen LogP contribution in [0.4, 0.5) is 4.39 Å². The van der Waals surface area contributed by atoms with E-state index in [4.69, 9.17) is 17.4 Å². The van der Waals surface area contributed by atoms with Crippen molar-refractivity contribution in [2.45, 2.75) is 18.4 Å². The van der Waals surface area contributed by atoms with Gasteiger partial charge in [0.15, 0.2) is 0 Å². The summed E-state index contributed by atoms with van der Waals surface area (Å²) in [7, 11) is 0. The van der Waals surface area contributed by atoms with Crippen LogP contribution < -0.4 is 11.3 Å². The number of hydrazine groups is 1. The van der Waals surface area contributed by atoms with E-state index in [1.807, 2.05) is 18.2 Å². The van der Waals surface area contributed by atoms with E-state index in [0.29, 0.717) is 16.5 Å². The molecule has 0 saturated heterocycles. The largest absolute Gasteiger partial charge is 0.271 e. The van der Waals surface area contributed by atoms with Gasteiger partial charge in [-0.25, -0.2) is 4.39 Å². The summed E-state index contributed by atoms with van der Waals surface area (Å²) in [6.45, 7) is 0. The van der Waals surface area contributed by atoms with Gasteiger partial charge in [0.2, 0.25) is 0 Å². The van der Waals surface area contributed by atoms with Crippen LogP contribution in [0.15, 0.2) is 48.5 Å². The minimum atomic E-state index is -0.306. The molecule has 3 atom stereocenters. The summed E-state index contributed by atoms with van der Waals surface area (Å²) < 4.78 is 14.0. The molecular formula is C16H16ClFN2. The molecule has 2 aromatic rings. The molecule has 0 radical (unpaired) electrons. The first-order valence-corrected chi connectivity index (χ1v) is 7.05. The maximum absolute atomic E-state index is 14.0. The van der Waals surface area contributed by atoms with E-state index in [0.717, 1.165) is 6.42 Å². The summed E-state index contributed by atoms with van der Waals surface area (Å²) in [5.74, 6) is 6.03. The van der Waals surface area contributed by atoms with Crippen LogP contribution in [0, 0.1) is 11.7 Å². The Hall–Kier alpha value is -1.42. The Morgan fingerprint density at radius 3 is 2.55 bits per heavy atom. The highest BCUT2D eigenvalue weighted by atomic mass is 35.5. The second kappa shape index (κ2) is 5.52. The van der Waals surface area contributed by atoms with Crippen LogP contribution in [0.2, 0.25) is 5.02 Å². The van der Waals surface area contributed by atoms with Crippen LogP contribution in [0.3, 0.4) is 0 Å². The second-order valence-electron chi connectivity index (χ2n) is 5.20. The lowest BCUT2D eigenvalue weighted by molar-refractivity contribution is 0.462. The van der Waals surface area contributed by atoms with E-state index in [1.54, 1.807) is 12.1 Å². The van der Waals surface area contributed by atoms with Crippen molar-refractivity contribution in [2.24, 2.45) is 11.8 Å². The third kappa shape index (κ3) is 2.44. The third-order valence-electron chi connectivity index (χ3n) is 3.99. The molecule has 2 nitrogen and oxygen atoms in total. The minimum Gasteiger partial charge on any atom is -0.271 e. The van der Waals surface area contributed by atoms with E-state index in [2.05, 4.69) is 17.6 Å². The van der Waals surface area contributed by atoms with Gasteiger partial charge in [0, 0.05) is 10.6 Å². The first kappa shape index (κ1) is 13.6. The number of benzene rings is 2. The number of hydrogen-bond donors (Lipinski definition) is 2. The predicted molar refractivity (Wildman–Crippen MR) is 78.8 cm³/mol. The van der Waals surface area contributed by atoms with Crippen molar-refractivity contribution in [3.05, 3.63) is 70.5 Å². The zero-order valence-electron chi connectivity index (χ0n) is 10.9.